The van der Waals surface area contributed by atoms with Crippen molar-refractivity contribution in [3.05, 3.63) is 0 Å². The second kappa shape index (κ2) is 44.0. The highest BCUT2D eigenvalue weighted by Gasteiger charge is 2.19. The van der Waals surface area contributed by atoms with Gasteiger partial charge < -0.3 is 14.2 Å². The Morgan fingerprint density at radius 3 is 0.860 bits per heavy atom. The van der Waals surface area contributed by atoms with Crippen LogP contribution in [0.1, 0.15) is 279 Å². The smallest absolute Gasteiger partial charge is 0.306 e. The lowest BCUT2D eigenvalue weighted by atomic mass is 10.0. The number of rotatable bonds is 45. The van der Waals surface area contributed by atoms with E-state index in [1.165, 1.54) is 167 Å². The lowest BCUT2D eigenvalue weighted by molar-refractivity contribution is -0.167. The minimum absolute atomic E-state index is 0.0645. The van der Waals surface area contributed by atoms with Crippen molar-refractivity contribution in [1.29, 1.82) is 0 Å². The normalized spacial score (nSPS) is 12.1. The molecule has 0 aliphatic heterocycles. The number of hydrogen-bond donors (Lipinski definition) is 0. The Labute approximate surface area is 355 Å². The van der Waals surface area contributed by atoms with Crippen molar-refractivity contribution in [2.45, 2.75) is 285 Å². The van der Waals surface area contributed by atoms with Crippen LogP contribution < -0.4 is 0 Å². The summed E-state index contributed by atoms with van der Waals surface area (Å²) in [6, 6.07) is 0. The van der Waals surface area contributed by atoms with Crippen LogP contribution >= 0.6 is 0 Å². The third-order valence-electron chi connectivity index (χ3n) is 11.5. The predicted molar refractivity (Wildman–Crippen MR) is 243 cm³/mol. The molecule has 1 atom stereocenters. The van der Waals surface area contributed by atoms with E-state index in [2.05, 4.69) is 34.6 Å². The van der Waals surface area contributed by atoms with Crippen molar-refractivity contribution in [3.8, 4) is 0 Å². The number of carbonyl (C=O) groups is 3. The van der Waals surface area contributed by atoms with E-state index >= 15 is 0 Å². The van der Waals surface area contributed by atoms with Crippen molar-refractivity contribution in [2.24, 2.45) is 11.8 Å². The van der Waals surface area contributed by atoms with Gasteiger partial charge in [-0.05, 0) is 31.1 Å². The van der Waals surface area contributed by atoms with E-state index in [1.807, 2.05) is 0 Å². The summed E-state index contributed by atoms with van der Waals surface area (Å²) in [7, 11) is 0. The summed E-state index contributed by atoms with van der Waals surface area (Å²) < 4.78 is 16.8. The maximum atomic E-state index is 12.7. The van der Waals surface area contributed by atoms with Crippen LogP contribution in [0.25, 0.3) is 0 Å². The first-order chi connectivity index (χ1) is 27.7. The molecule has 0 rings (SSSR count). The van der Waals surface area contributed by atoms with Gasteiger partial charge in [-0.25, -0.2) is 0 Å². The maximum Gasteiger partial charge on any atom is 0.306 e. The van der Waals surface area contributed by atoms with Gasteiger partial charge in [-0.1, -0.05) is 240 Å². The molecule has 0 aromatic rings. The Hall–Kier alpha value is -1.59. The summed E-state index contributed by atoms with van der Waals surface area (Å²) in [4.78, 5) is 37.8. The van der Waals surface area contributed by atoms with E-state index in [1.54, 1.807) is 0 Å². The molecule has 0 saturated heterocycles. The van der Waals surface area contributed by atoms with Gasteiger partial charge in [-0.3, -0.25) is 14.4 Å². The lowest BCUT2D eigenvalue weighted by Crippen LogP contribution is -2.30. The Morgan fingerprint density at radius 1 is 0.333 bits per heavy atom. The van der Waals surface area contributed by atoms with E-state index in [0.717, 1.165) is 69.6 Å². The summed E-state index contributed by atoms with van der Waals surface area (Å²) in [5, 5.41) is 0. The van der Waals surface area contributed by atoms with E-state index < -0.39 is 6.10 Å². The first kappa shape index (κ1) is 55.4. The Bertz CT molecular complexity index is 870. The minimum atomic E-state index is -0.761. The van der Waals surface area contributed by atoms with E-state index in [-0.39, 0.29) is 31.1 Å². The summed E-state index contributed by atoms with van der Waals surface area (Å²) in [5.41, 5.74) is 0. The lowest BCUT2D eigenvalue weighted by Gasteiger charge is -2.18. The molecule has 0 N–H and O–H groups in total. The molecule has 0 heterocycles. The number of unbranched alkanes of at least 4 members (excludes halogenated alkanes) is 30. The number of ether oxygens (including phenoxy) is 3. The number of esters is 3. The van der Waals surface area contributed by atoms with Crippen LogP contribution in [0.3, 0.4) is 0 Å². The van der Waals surface area contributed by atoms with Gasteiger partial charge in [0.2, 0.25) is 0 Å². The van der Waals surface area contributed by atoms with Gasteiger partial charge in [0.05, 0.1) is 0 Å². The van der Waals surface area contributed by atoms with Crippen molar-refractivity contribution >= 4 is 17.9 Å². The molecule has 0 saturated carbocycles. The molecule has 0 aromatic heterocycles. The SMILES string of the molecule is CCCCCCCCCCCCCCCC(=O)OC[C@H](COC(=O)CCCCCCCCCCCCCCCC(C)C)OC(=O)CCCCCCCCCC(C)C. The van der Waals surface area contributed by atoms with E-state index in [9.17, 15) is 14.4 Å². The maximum absolute atomic E-state index is 12.7. The minimum Gasteiger partial charge on any atom is -0.462 e. The molecule has 0 fully saturated rings. The fraction of sp³-hybridized carbons (Fsp3) is 0.941. The Balaban J connectivity index is 4.27. The fourth-order valence-electron chi connectivity index (χ4n) is 7.64. The molecule has 6 nitrogen and oxygen atoms in total. The summed E-state index contributed by atoms with van der Waals surface area (Å²) in [6.45, 7) is 11.3. The zero-order valence-corrected chi connectivity index (χ0v) is 39.0. The van der Waals surface area contributed by atoms with Crippen LogP contribution in [0.5, 0.6) is 0 Å². The highest BCUT2D eigenvalue weighted by atomic mass is 16.6. The molecule has 0 unspecified atom stereocenters. The summed E-state index contributed by atoms with van der Waals surface area (Å²) in [6.07, 6.45) is 43.8. The summed E-state index contributed by atoms with van der Waals surface area (Å²) >= 11 is 0. The number of carbonyl (C=O) groups excluding carboxylic acids is 3. The monoisotopic (exact) mass is 807 g/mol. The van der Waals surface area contributed by atoms with Crippen LogP contribution in [-0.4, -0.2) is 37.2 Å². The van der Waals surface area contributed by atoms with Crippen molar-refractivity contribution in [2.75, 3.05) is 13.2 Å². The molecular formula is C51H98O6. The first-order valence-electron chi connectivity index (χ1n) is 25.2. The zero-order valence-electron chi connectivity index (χ0n) is 39.0. The van der Waals surface area contributed by atoms with Gasteiger partial charge in [0.15, 0.2) is 6.10 Å². The molecule has 0 spiro atoms. The molecule has 0 aliphatic rings. The molecule has 0 aromatic carbocycles. The third-order valence-corrected chi connectivity index (χ3v) is 11.5. The average Bonchev–Trinajstić information content (AvgIpc) is 3.18. The van der Waals surface area contributed by atoms with Gasteiger partial charge in [0, 0.05) is 19.3 Å². The van der Waals surface area contributed by atoms with Crippen molar-refractivity contribution in [1.82, 2.24) is 0 Å². The molecule has 57 heavy (non-hydrogen) atoms. The molecule has 0 bridgehead atoms. The highest BCUT2D eigenvalue weighted by molar-refractivity contribution is 5.71. The standard InChI is InChI=1S/C51H98O6/c1-6-7-8-9-10-11-12-14-18-21-26-31-36-41-49(52)55-44-48(57-51(54)43-38-33-28-23-25-30-35-40-47(4)5)45-56-50(53)42-37-32-27-22-19-16-13-15-17-20-24-29-34-39-46(2)3/h46-48H,6-45H2,1-5H3/t48-/m1/s1. The van der Waals surface area contributed by atoms with Crippen LogP contribution in [-0.2, 0) is 28.6 Å². The van der Waals surface area contributed by atoms with E-state index in [0.29, 0.717) is 19.3 Å². The molecule has 0 aliphatic carbocycles. The molecule has 0 amide bonds. The average molecular weight is 807 g/mol. The second-order valence-electron chi connectivity index (χ2n) is 18.4. The van der Waals surface area contributed by atoms with Gasteiger partial charge in [-0.2, -0.15) is 0 Å². The van der Waals surface area contributed by atoms with Crippen LogP contribution in [0.2, 0.25) is 0 Å². The van der Waals surface area contributed by atoms with E-state index in [4.69, 9.17) is 14.2 Å². The molecule has 0 radical (unpaired) electrons. The third kappa shape index (κ3) is 45.3. The predicted octanol–water partition coefficient (Wildman–Crippen LogP) is 16.1. The molecule has 6 heteroatoms. The van der Waals surface area contributed by atoms with Crippen LogP contribution in [0, 0.1) is 11.8 Å². The van der Waals surface area contributed by atoms with Crippen LogP contribution in [0.15, 0.2) is 0 Å². The second-order valence-corrected chi connectivity index (χ2v) is 18.4. The fourth-order valence-corrected chi connectivity index (χ4v) is 7.64. The Kier molecular flexibility index (Phi) is 42.7. The Morgan fingerprint density at radius 2 is 0.579 bits per heavy atom. The van der Waals surface area contributed by atoms with Crippen molar-refractivity contribution < 1.29 is 28.6 Å². The zero-order chi connectivity index (χ0) is 41.9. The van der Waals surface area contributed by atoms with Crippen LogP contribution in [0.4, 0.5) is 0 Å². The van der Waals surface area contributed by atoms with Gasteiger partial charge in [0.25, 0.3) is 0 Å². The number of hydrogen-bond acceptors (Lipinski definition) is 6. The first-order valence-corrected chi connectivity index (χ1v) is 25.2. The quantitative estimate of drug-likeness (QED) is 0.0346. The van der Waals surface area contributed by atoms with Gasteiger partial charge in [0.1, 0.15) is 13.2 Å². The van der Waals surface area contributed by atoms with Gasteiger partial charge >= 0.3 is 17.9 Å². The van der Waals surface area contributed by atoms with Gasteiger partial charge in [-0.15, -0.1) is 0 Å². The molecular weight excluding hydrogens is 709 g/mol. The summed E-state index contributed by atoms with van der Waals surface area (Å²) in [5.74, 6) is 0.765. The highest BCUT2D eigenvalue weighted by Crippen LogP contribution is 2.17. The van der Waals surface area contributed by atoms with Crippen molar-refractivity contribution in [3.63, 3.8) is 0 Å². The molecule has 338 valence electrons. The topological polar surface area (TPSA) is 78.9 Å². The largest absolute Gasteiger partial charge is 0.462 e.